The standard InChI is InChI=1S/C24H25ClFN5O/c1-30-10-16(9-28-30)19-7-21(19)24(32)29-23-6-13-4-20(22(25)5-15(13)8-27-23)14-2-18(3-14)31-11-17(26)12-31/h4-6,8-10,14,17-19,21H,2-3,7,11-12H2,1H3,(H,27,29,32)/t14?,18?,19-,21+/m1/s1. The Balaban J connectivity index is 1.14. The van der Waals surface area contributed by atoms with Gasteiger partial charge in [-0.15, -0.1) is 0 Å². The summed E-state index contributed by atoms with van der Waals surface area (Å²) in [6.07, 6.45) is 7.79. The molecule has 3 heterocycles. The number of hydrogen-bond donors (Lipinski definition) is 1. The van der Waals surface area contributed by atoms with Crippen LogP contribution in [0, 0.1) is 5.92 Å². The minimum absolute atomic E-state index is 0.00226. The molecule has 32 heavy (non-hydrogen) atoms. The van der Waals surface area contributed by atoms with Crippen molar-refractivity contribution in [2.75, 3.05) is 18.4 Å². The number of rotatable bonds is 5. The number of nitrogens with one attached hydrogen (secondary N) is 1. The number of aromatic nitrogens is 3. The molecule has 3 fully saturated rings. The summed E-state index contributed by atoms with van der Waals surface area (Å²) in [4.78, 5) is 19.4. The highest BCUT2D eigenvalue weighted by Crippen LogP contribution is 2.48. The van der Waals surface area contributed by atoms with Crippen LogP contribution in [-0.2, 0) is 11.8 Å². The van der Waals surface area contributed by atoms with Crippen molar-refractivity contribution in [3.8, 4) is 0 Å². The van der Waals surface area contributed by atoms with Crippen molar-refractivity contribution in [1.29, 1.82) is 0 Å². The highest BCUT2D eigenvalue weighted by atomic mass is 35.5. The third-order valence-corrected chi connectivity index (χ3v) is 7.63. The number of alkyl halides is 1. The molecule has 1 amide bonds. The van der Waals surface area contributed by atoms with Crippen LogP contribution in [0.4, 0.5) is 10.2 Å². The summed E-state index contributed by atoms with van der Waals surface area (Å²) in [6.45, 7) is 1.14. The van der Waals surface area contributed by atoms with Crippen LogP contribution in [0.5, 0.6) is 0 Å². The molecule has 0 bridgehead atoms. The minimum Gasteiger partial charge on any atom is -0.310 e. The van der Waals surface area contributed by atoms with Gasteiger partial charge in [0.25, 0.3) is 0 Å². The lowest BCUT2D eigenvalue weighted by Crippen LogP contribution is -2.57. The van der Waals surface area contributed by atoms with Gasteiger partial charge in [0.05, 0.1) is 6.20 Å². The average Bonchev–Trinajstić information content (AvgIpc) is 3.40. The topological polar surface area (TPSA) is 63.1 Å². The molecule has 0 spiro atoms. The third kappa shape index (κ3) is 3.57. The van der Waals surface area contributed by atoms with E-state index in [0.29, 0.717) is 30.9 Å². The second-order valence-electron chi connectivity index (χ2n) is 9.55. The van der Waals surface area contributed by atoms with Crippen molar-refractivity contribution < 1.29 is 9.18 Å². The number of anilines is 1. The van der Waals surface area contributed by atoms with Gasteiger partial charge in [0, 0.05) is 54.9 Å². The highest BCUT2D eigenvalue weighted by Gasteiger charge is 2.45. The summed E-state index contributed by atoms with van der Waals surface area (Å²) in [5.41, 5.74) is 2.24. The second-order valence-corrected chi connectivity index (χ2v) is 9.96. The summed E-state index contributed by atoms with van der Waals surface area (Å²) < 4.78 is 14.9. The molecule has 6 rings (SSSR count). The molecule has 1 saturated heterocycles. The van der Waals surface area contributed by atoms with Gasteiger partial charge in [-0.25, -0.2) is 9.37 Å². The number of halogens is 2. The normalized spacial score (nSPS) is 27.7. The summed E-state index contributed by atoms with van der Waals surface area (Å²) in [7, 11) is 1.88. The average molecular weight is 454 g/mol. The fourth-order valence-corrected chi connectivity index (χ4v) is 5.49. The maximum absolute atomic E-state index is 13.1. The van der Waals surface area contributed by atoms with Crippen LogP contribution >= 0.6 is 11.6 Å². The number of amides is 1. The van der Waals surface area contributed by atoms with Gasteiger partial charge >= 0.3 is 0 Å². The van der Waals surface area contributed by atoms with E-state index in [-0.39, 0.29) is 17.7 Å². The van der Waals surface area contributed by atoms with Crippen molar-refractivity contribution in [2.45, 2.75) is 43.3 Å². The molecule has 2 aromatic heterocycles. The van der Waals surface area contributed by atoms with Gasteiger partial charge in [0.1, 0.15) is 12.0 Å². The zero-order chi connectivity index (χ0) is 22.0. The Hall–Kier alpha value is -2.51. The molecule has 2 aliphatic carbocycles. The smallest absolute Gasteiger partial charge is 0.229 e. The summed E-state index contributed by atoms with van der Waals surface area (Å²) in [5, 5.41) is 9.91. The fraction of sp³-hybridized carbons (Fsp3) is 0.458. The molecule has 2 saturated carbocycles. The van der Waals surface area contributed by atoms with Crippen molar-refractivity contribution >= 4 is 34.1 Å². The van der Waals surface area contributed by atoms with Gasteiger partial charge < -0.3 is 5.32 Å². The van der Waals surface area contributed by atoms with Crippen molar-refractivity contribution in [1.82, 2.24) is 19.7 Å². The molecule has 0 unspecified atom stereocenters. The Labute approximate surface area is 190 Å². The molecule has 3 aromatic rings. The SMILES string of the molecule is Cn1cc([C@H]2C[C@@H]2C(=O)Nc2cc3cc(C4CC(N5CC(F)C5)C4)c(Cl)cc3cn2)cn1. The zero-order valence-corrected chi connectivity index (χ0v) is 18.6. The predicted octanol–water partition coefficient (Wildman–Crippen LogP) is 4.26. The largest absolute Gasteiger partial charge is 0.310 e. The van der Waals surface area contributed by atoms with E-state index < -0.39 is 6.17 Å². The van der Waals surface area contributed by atoms with Gasteiger partial charge in [-0.05, 0) is 65.8 Å². The van der Waals surface area contributed by atoms with Crippen LogP contribution in [0.1, 0.15) is 42.2 Å². The lowest BCUT2D eigenvalue weighted by Gasteiger charge is -2.48. The maximum Gasteiger partial charge on any atom is 0.229 e. The van der Waals surface area contributed by atoms with E-state index in [2.05, 4.69) is 26.4 Å². The fourth-order valence-electron chi connectivity index (χ4n) is 5.16. The third-order valence-electron chi connectivity index (χ3n) is 7.30. The maximum atomic E-state index is 13.1. The Morgan fingerprint density at radius 3 is 2.69 bits per heavy atom. The van der Waals surface area contributed by atoms with Crippen LogP contribution in [0.25, 0.3) is 10.8 Å². The van der Waals surface area contributed by atoms with Crippen LogP contribution in [0.3, 0.4) is 0 Å². The van der Waals surface area contributed by atoms with E-state index >= 15 is 0 Å². The summed E-state index contributed by atoms with van der Waals surface area (Å²) >= 11 is 6.58. The number of aryl methyl sites for hydroxylation is 1. The molecule has 166 valence electrons. The Bertz CT molecular complexity index is 1200. The molecule has 2 atom stereocenters. The quantitative estimate of drug-likeness (QED) is 0.626. The molecular formula is C24H25ClFN5O. The molecule has 6 nitrogen and oxygen atoms in total. The van der Waals surface area contributed by atoms with E-state index in [1.54, 1.807) is 10.9 Å². The first kappa shape index (κ1) is 20.1. The first-order chi connectivity index (χ1) is 15.4. The number of carbonyl (C=O) groups is 1. The number of pyridine rings is 1. The number of hydrogen-bond acceptors (Lipinski definition) is 4. The lowest BCUT2D eigenvalue weighted by molar-refractivity contribution is -0.117. The van der Waals surface area contributed by atoms with E-state index in [4.69, 9.17) is 11.6 Å². The van der Waals surface area contributed by atoms with Gasteiger partial charge in [-0.1, -0.05) is 11.6 Å². The Morgan fingerprint density at radius 1 is 1.16 bits per heavy atom. The van der Waals surface area contributed by atoms with Gasteiger partial charge in [0.15, 0.2) is 0 Å². The van der Waals surface area contributed by atoms with E-state index in [1.807, 2.05) is 31.6 Å². The van der Waals surface area contributed by atoms with Crippen molar-refractivity contribution in [3.63, 3.8) is 0 Å². The number of likely N-dealkylation sites (tertiary alicyclic amines) is 1. The summed E-state index contributed by atoms with van der Waals surface area (Å²) in [5.74, 6) is 1.17. The minimum atomic E-state index is -0.658. The van der Waals surface area contributed by atoms with E-state index in [1.165, 1.54) is 0 Å². The first-order valence-electron chi connectivity index (χ1n) is 11.2. The number of fused-ring (bicyclic) bond motifs is 1. The summed E-state index contributed by atoms with van der Waals surface area (Å²) in [6, 6.07) is 6.48. The molecule has 0 radical (unpaired) electrons. The molecular weight excluding hydrogens is 429 g/mol. The van der Waals surface area contributed by atoms with Crippen LogP contribution in [-0.4, -0.2) is 50.9 Å². The lowest BCUT2D eigenvalue weighted by atomic mass is 9.74. The van der Waals surface area contributed by atoms with Crippen molar-refractivity contribution in [3.05, 3.63) is 52.9 Å². The Morgan fingerprint density at radius 2 is 1.97 bits per heavy atom. The van der Waals surface area contributed by atoms with E-state index in [0.717, 1.165) is 46.2 Å². The predicted molar refractivity (Wildman–Crippen MR) is 122 cm³/mol. The second kappa shape index (κ2) is 7.52. The monoisotopic (exact) mass is 453 g/mol. The molecule has 8 heteroatoms. The molecule has 1 aliphatic heterocycles. The Kier molecular flexibility index (Phi) is 4.73. The first-order valence-corrected chi connectivity index (χ1v) is 11.6. The van der Waals surface area contributed by atoms with Crippen LogP contribution in [0.2, 0.25) is 5.02 Å². The molecule has 1 aromatic carbocycles. The number of carbonyl (C=O) groups excluding carboxylic acids is 1. The molecule has 3 aliphatic rings. The van der Waals surface area contributed by atoms with Crippen LogP contribution < -0.4 is 5.32 Å². The van der Waals surface area contributed by atoms with Gasteiger partial charge in [-0.2, -0.15) is 5.10 Å². The highest BCUT2D eigenvalue weighted by molar-refractivity contribution is 6.32. The van der Waals surface area contributed by atoms with Gasteiger partial charge in [-0.3, -0.25) is 14.4 Å². The number of nitrogens with zero attached hydrogens (tertiary/aromatic N) is 4. The van der Waals surface area contributed by atoms with Gasteiger partial charge in [0.2, 0.25) is 5.91 Å². The van der Waals surface area contributed by atoms with E-state index in [9.17, 15) is 9.18 Å². The zero-order valence-electron chi connectivity index (χ0n) is 17.8. The van der Waals surface area contributed by atoms with Crippen LogP contribution in [0.15, 0.2) is 36.8 Å². The number of benzene rings is 1. The molecule has 1 N–H and O–H groups in total. The van der Waals surface area contributed by atoms with Crippen molar-refractivity contribution in [2.24, 2.45) is 13.0 Å².